The van der Waals surface area contributed by atoms with Crippen molar-refractivity contribution in [3.63, 3.8) is 0 Å². The Morgan fingerprint density at radius 1 is 0.968 bits per heavy atom. The maximum absolute atomic E-state index is 12.9. The van der Waals surface area contributed by atoms with E-state index in [2.05, 4.69) is 0 Å². The molecule has 2 amide bonds. The highest BCUT2D eigenvalue weighted by molar-refractivity contribution is 5.95. The molecule has 6 nitrogen and oxygen atoms in total. The van der Waals surface area contributed by atoms with Crippen LogP contribution in [0.3, 0.4) is 0 Å². The molecule has 2 saturated heterocycles. The summed E-state index contributed by atoms with van der Waals surface area (Å²) >= 11 is 0. The highest BCUT2D eigenvalue weighted by Crippen LogP contribution is 2.22. The Hall–Kier alpha value is -2.86. The quantitative estimate of drug-likeness (QED) is 0.741. The minimum absolute atomic E-state index is 0.0347. The van der Waals surface area contributed by atoms with E-state index >= 15 is 0 Å². The van der Waals surface area contributed by atoms with Crippen LogP contribution in [0.5, 0.6) is 5.75 Å². The maximum atomic E-state index is 12.9. The molecule has 0 bridgehead atoms. The molecule has 2 aliphatic heterocycles. The molecule has 0 N–H and O–H groups in total. The molecule has 0 radical (unpaired) electrons. The average Bonchev–Trinajstić information content (AvgIpc) is 2.83. The SMILES string of the molecule is Cc1ccccc1C(=O)N1CCCC(COc2ccc(C(=O)N3CCOCC3)cc2)C1. The minimum Gasteiger partial charge on any atom is -0.493 e. The van der Waals surface area contributed by atoms with Gasteiger partial charge in [0.1, 0.15) is 5.75 Å². The largest absolute Gasteiger partial charge is 0.493 e. The van der Waals surface area contributed by atoms with Crippen LogP contribution in [0.25, 0.3) is 0 Å². The first-order valence-corrected chi connectivity index (χ1v) is 11.1. The maximum Gasteiger partial charge on any atom is 0.254 e. The summed E-state index contributed by atoms with van der Waals surface area (Å²) in [6.07, 6.45) is 2.03. The van der Waals surface area contributed by atoms with Crippen LogP contribution in [-0.4, -0.2) is 67.6 Å². The molecule has 0 aromatic heterocycles. The van der Waals surface area contributed by atoms with Crippen molar-refractivity contribution >= 4 is 11.8 Å². The van der Waals surface area contributed by atoms with Crippen LogP contribution in [0.4, 0.5) is 0 Å². The number of amides is 2. The normalized spacial score (nSPS) is 19.2. The van der Waals surface area contributed by atoms with E-state index in [1.54, 1.807) is 0 Å². The van der Waals surface area contributed by atoms with Crippen LogP contribution >= 0.6 is 0 Å². The first-order chi connectivity index (χ1) is 15.1. The molecule has 2 aromatic carbocycles. The number of carbonyl (C=O) groups excluding carboxylic acids is 2. The van der Waals surface area contributed by atoms with Gasteiger partial charge in [-0.1, -0.05) is 18.2 Å². The van der Waals surface area contributed by atoms with Gasteiger partial charge in [-0.25, -0.2) is 0 Å². The highest BCUT2D eigenvalue weighted by Gasteiger charge is 2.26. The molecule has 2 aromatic rings. The van der Waals surface area contributed by atoms with E-state index < -0.39 is 0 Å². The van der Waals surface area contributed by atoms with Crippen LogP contribution < -0.4 is 4.74 Å². The molecule has 0 aliphatic carbocycles. The van der Waals surface area contributed by atoms with Crippen molar-refractivity contribution < 1.29 is 19.1 Å². The molecule has 164 valence electrons. The highest BCUT2D eigenvalue weighted by atomic mass is 16.5. The number of ether oxygens (including phenoxy) is 2. The van der Waals surface area contributed by atoms with E-state index in [-0.39, 0.29) is 11.8 Å². The van der Waals surface area contributed by atoms with Gasteiger partial charge in [0.2, 0.25) is 0 Å². The zero-order valence-electron chi connectivity index (χ0n) is 18.1. The summed E-state index contributed by atoms with van der Waals surface area (Å²) in [5.74, 6) is 1.19. The number of piperidine rings is 1. The third kappa shape index (κ3) is 5.25. The summed E-state index contributed by atoms with van der Waals surface area (Å²) in [5, 5.41) is 0. The fourth-order valence-corrected chi connectivity index (χ4v) is 4.23. The number of hydrogen-bond acceptors (Lipinski definition) is 4. The molecule has 31 heavy (non-hydrogen) atoms. The number of rotatable bonds is 5. The third-order valence-electron chi connectivity index (χ3n) is 6.07. The van der Waals surface area contributed by atoms with Gasteiger partial charge in [-0.2, -0.15) is 0 Å². The van der Waals surface area contributed by atoms with E-state index in [4.69, 9.17) is 9.47 Å². The van der Waals surface area contributed by atoms with E-state index in [1.807, 2.05) is 65.3 Å². The second-order valence-electron chi connectivity index (χ2n) is 8.31. The zero-order chi connectivity index (χ0) is 21.6. The van der Waals surface area contributed by atoms with Gasteiger partial charge in [0, 0.05) is 43.2 Å². The summed E-state index contributed by atoms with van der Waals surface area (Å²) < 4.78 is 11.3. The number of nitrogens with zero attached hydrogens (tertiary/aromatic N) is 2. The summed E-state index contributed by atoms with van der Waals surface area (Å²) in [5.41, 5.74) is 2.46. The van der Waals surface area contributed by atoms with Gasteiger partial charge in [-0.15, -0.1) is 0 Å². The number of hydrogen-bond donors (Lipinski definition) is 0. The number of morpholine rings is 1. The Morgan fingerprint density at radius 3 is 2.45 bits per heavy atom. The van der Waals surface area contributed by atoms with Crippen LogP contribution in [0.1, 0.15) is 39.1 Å². The number of benzene rings is 2. The second-order valence-corrected chi connectivity index (χ2v) is 8.31. The van der Waals surface area contributed by atoms with Gasteiger partial charge in [-0.05, 0) is 55.7 Å². The molecule has 2 aliphatic rings. The van der Waals surface area contributed by atoms with Gasteiger partial charge >= 0.3 is 0 Å². The lowest BCUT2D eigenvalue weighted by Crippen LogP contribution is -2.41. The Morgan fingerprint density at radius 2 is 1.71 bits per heavy atom. The van der Waals surface area contributed by atoms with Crippen LogP contribution in [0.15, 0.2) is 48.5 Å². The zero-order valence-corrected chi connectivity index (χ0v) is 18.1. The Bertz CT molecular complexity index is 906. The lowest BCUT2D eigenvalue weighted by molar-refractivity contribution is 0.0303. The van der Waals surface area contributed by atoms with Gasteiger partial charge in [-0.3, -0.25) is 9.59 Å². The standard InChI is InChI=1S/C25H30N2O4/c1-19-5-2-3-7-23(19)25(29)27-12-4-6-20(17-27)18-31-22-10-8-21(9-11-22)24(28)26-13-15-30-16-14-26/h2-3,5,7-11,20H,4,6,12-18H2,1H3. The van der Waals surface area contributed by atoms with Crippen molar-refractivity contribution in [1.82, 2.24) is 9.80 Å². The van der Waals surface area contributed by atoms with E-state index in [0.717, 1.165) is 36.3 Å². The summed E-state index contributed by atoms with van der Waals surface area (Å²) in [6.45, 7) is 6.50. The van der Waals surface area contributed by atoms with Crippen molar-refractivity contribution in [2.24, 2.45) is 5.92 Å². The molecule has 1 unspecified atom stereocenters. The minimum atomic E-state index is 0.0347. The molecular formula is C25H30N2O4. The Balaban J connectivity index is 1.30. The van der Waals surface area contributed by atoms with Crippen molar-refractivity contribution in [1.29, 1.82) is 0 Å². The van der Waals surface area contributed by atoms with Gasteiger partial charge in [0.25, 0.3) is 11.8 Å². The first-order valence-electron chi connectivity index (χ1n) is 11.1. The van der Waals surface area contributed by atoms with Crippen molar-refractivity contribution in [2.75, 3.05) is 46.0 Å². The number of aryl methyl sites for hydroxylation is 1. The van der Waals surface area contributed by atoms with Crippen LogP contribution in [-0.2, 0) is 4.74 Å². The van der Waals surface area contributed by atoms with Crippen molar-refractivity contribution in [2.45, 2.75) is 19.8 Å². The fraction of sp³-hybridized carbons (Fsp3) is 0.440. The van der Waals surface area contributed by atoms with Crippen LogP contribution in [0, 0.1) is 12.8 Å². The third-order valence-corrected chi connectivity index (χ3v) is 6.07. The first kappa shape index (κ1) is 21.4. The molecular weight excluding hydrogens is 392 g/mol. The van der Waals surface area contributed by atoms with Crippen LogP contribution in [0.2, 0.25) is 0 Å². The van der Waals surface area contributed by atoms with Gasteiger partial charge in [0.05, 0.1) is 19.8 Å². The summed E-state index contributed by atoms with van der Waals surface area (Å²) in [6, 6.07) is 15.1. The fourth-order valence-electron chi connectivity index (χ4n) is 4.23. The number of likely N-dealkylation sites (tertiary alicyclic amines) is 1. The van der Waals surface area contributed by atoms with Crippen molar-refractivity contribution in [3.05, 3.63) is 65.2 Å². The van der Waals surface area contributed by atoms with E-state index in [9.17, 15) is 9.59 Å². The predicted molar refractivity (Wildman–Crippen MR) is 118 cm³/mol. The smallest absolute Gasteiger partial charge is 0.254 e. The monoisotopic (exact) mass is 422 g/mol. The van der Waals surface area contributed by atoms with Gasteiger partial charge < -0.3 is 19.3 Å². The van der Waals surface area contributed by atoms with E-state index in [1.165, 1.54) is 0 Å². The van der Waals surface area contributed by atoms with Crippen molar-refractivity contribution in [3.8, 4) is 5.75 Å². The average molecular weight is 423 g/mol. The molecule has 0 saturated carbocycles. The Kier molecular flexibility index (Phi) is 6.87. The predicted octanol–water partition coefficient (Wildman–Crippen LogP) is 3.40. The second kappa shape index (κ2) is 9.96. The molecule has 2 fully saturated rings. The topological polar surface area (TPSA) is 59.1 Å². The molecule has 1 atom stereocenters. The van der Waals surface area contributed by atoms with Gasteiger partial charge in [0.15, 0.2) is 0 Å². The Labute approximate surface area is 183 Å². The lowest BCUT2D eigenvalue weighted by atomic mass is 9.97. The summed E-state index contributed by atoms with van der Waals surface area (Å²) in [4.78, 5) is 29.2. The number of carbonyl (C=O) groups is 2. The molecule has 0 spiro atoms. The molecule has 6 heteroatoms. The lowest BCUT2D eigenvalue weighted by Gasteiger charge is -2.33. The summed E-state index contributed by atoms with van der Waals surface area (Å²) in [7, 11) is 0. The molecule has 2 heterocycles. The molecule has 4 rings (SSSR count). The van der Waals surface area contributed by atoms with E-state index in [0.29, 0.717) is 50.9 Å².